The van der Waals surface area contributed by atoms with Crippen LogP contribution in [0.3, 0.4) is 0 Å². The highest BCUT2D eigenvalue weighted by Crippen LogP contribution is 2.27. The molecule has 0 radical (unpaired) electrons. The SMILES string of the molecule is CCCCCCCCCCCCCCCCCCC(CCCCCCCCC(CCCCCCCCCC)CCCCCCCCCCC)CCCCCNC(=O)CCCN(C)C. The minimum absolute atomic E-state index is 0.242. The molecule has 0 saturated carbocycles. The molecule has 63 heavy (non-hydrogen) atoms. The van der Waals surface area contributed by atoms with Gasteiger partial charge in [0.15, 0.2) is 0 Å². The van der Waals surface area contributed by atoms with E-state index in [4.69, 9.17) is 0 Å². The third kappa shape index (κ3) is 52.3. The summed E-state index contributed by atoms with van der Waals surface area (Å²) >= 11 is 0. The van der Waals surface area contributed by atoms with Crippen molar-refractivity contribution in [1.82, 2.24) is 10.2 Å². The Morgan fingerprint density at radius 1 is 0.317 bits per heavy atom. The highest BCUT2D eigenvalue weighted by Gasteiger charge is 2.11. The smallest absolute Gasteiger partial charge is 0.220 e. The Morgan fingerprint density at radius 2 is 0.540 bits per heavy atom. The second-order valence-electron chi connectivity index (χ2n) is 21.5. The van der Waals surface area contributed by atoms with E-state index >= 15 is 0 Å². The quantitative estimate of drug-likeness (QED) is 0.0617. The zero-order valence-corrected chi connectivity index (χ0v) is 44.8. The van der Waals surface area contributed by atoms with E-state index in [-0.39, 0.29) is 5.91 Å². The van der Waals surface area contributed by atoms with Gasteiger partial charge >= 0.3 is 0 Å². The van der Waals surface area contributed by atoms with Crippen LogP contribution in [0.15, 0.2) is 0 Å². The number of unbranched alkanes of at least 4 members (excludes halogenated alkanes) is 37. The summed E-state index contributed by atoms with van der Waals surface area (Å²) in [6.45, 7) is 8.83. The lowest BCUT2D eigenvalue weighted by atomic mass is 9.88. The first kappa shape index (κ1) is 62.4. The van der Waals surface area contributed by atoms with Crippen molar-refractivity contribution >= 4 is 5.91 Å². The van der Waals surface area contributed by atoms with E-state index in [2.05, 4.69) is 45.1 Å². The molecule has 2 atom stereocenters. The zero-order chi connectivity index (χ0) is 45.8. The fraction of sp³-hybridized carbons (Fsp3) is 0.983. The van der Waals surface area contributed by atoms with Crippen LogP contribution in [0.5, 0.6) is 0 Å². The second kappa shape index (κ2) is 54.0. The number of carbonyl (C=O) groups is 1. The molecule has 0 rings (SSSR count). The predicted octanol–water partition coefficient (Wildman–Crippen LogP) is 20.5. The highest BCUT2D eigenvalue weighted by molar-refractivity contribution is 5.75. The maximum Gasteiger partial charge on any atom is 0.220 e. The Kier molecular flexibility index (Phi) is 53.6. The minimum atomic E-state index is 0.242. The molecule has 2 unspecified atom stereocenters. The summed E-state index contributed by atoms with van der Waals surface area (Å²) in [6, 6.07) is 0. The minimum Gasteiger partial charge on any atom is -0.356 e. The molecular formula is C60H122N2O. The van der Waals surface area contributed by atoms with Gasteiger partial charge in [-0.15, -0.1) is 0 Å². The molecule has 0 saturated heterocycles. The summed E-state index contributed by atoms with van der Waals surface area (Å²) in [7, 11) is 4.17. The Hall–Kier alpha value is -0.570. The molecule has 1 N–H and O–H groups in total. The van der Waals surface area contributed by atoms with Crippen LogP contribution >= 0.6 is 0 Å². The van der Waals surface area contributed by atoms with Gasteiger partial charge in [-0.1, -0.05) is 323 Å². The van der Waals surface area contributed by atoms with E-state index in [0.29, 0.717) is 6.42 Å². The largest absolute Gasteiger partial charge is 0.356 e. The standard InChI is InChI=1S/C60H122N2O/c1-6-9-12-15-18-21-22-23-24-25-26-27-29-32-37-43-52-59(54-46-40-47-56-61-60(63)55-48-57-62(4)5)53-45-39-34-33-38-44-51-58(49-41-35-30-20-17-14-11-8-3)50-42-36-31-28-19-16-13-10-7-2/h58-59H,6-57H2,1-5H3,(H,61,63). The molecule has 0 aromatic rings. The van der Waals surface area contributed by atoms with Gasteiger partial charge in [0.25, 0.3) is 0 Å². The lowest BCUT2D eigenvalue weighted by Gasteiger charge is -2.18. The van der Waals surface area contributed by atoms with Gasteiger partial charge in [-0.25, -0.2) is 0 Å². The van der Waals surface area contributed by atoms with E-state index in [1.807, 2.05) is 0 Å². The number of hydrogen-bond donors (Lipinski definition) is 1. The number of rotatable bonds is 55. The molecule has 1 amide bonds. The summed E-state index contributed by atoms with van der Waals surface area (Å²) in [4.78, 5) is 14.4. The molecule has 0 bridgehead atoms. The van der Waals surface area contributed by atoms with Crippen LogP contribution in [-0.2, 0) is 4.79 Å². The predicted molar refractivity (Wildman–Crippen MR) is 286 cm³/mol. The Labute approximate surface area is 400 Å². The number of hydrogen-bond acceptors (Lipinski definition) is 2. The first-order valence-electron chi connectivity index (χ1n) is 29.9. The van der Waals surface area contributed by atoms with Crippen LogP contribution in [0, 0.1) is 11.8 Å². The molecular weight excluding hydrogens is 765 g/mol. The summed E-state index contributed by atoms with van der Waals surface area (Å²) < 4.78 is 0. The lowest BCUT2D eigenvalue weighted by Crippen LogP contribution is -2.25. The maximum atomic E-state index is 12.2. The average Bonchev–Trinajstić information content (AvgIpc) is 3.27. The van der Waals surface area contributed by atoms with E-state index in [9.17, 15) is 4.79 Å². The normalized spacial score (nSPS) is 12.7. The molecule has 3 heteroatoms. The van der Waals surface area contributed by atoms with E-state index in [1.54, 1.807) is 0 Å². The summed E-state index contributed by atoms with van der Waals surface area (Å²) in [5.74, 6) is 2.17. The van der Waals surface area contributed by atoms with Crippen molar-refractivity contribution in [3.63, 3.8) is 0 Å². The molecule has 0 aliphatic rings. The third-order valence-corrected chi connectivity index (χ3v) is 14.7. The molecule has 0 heterocycles. The Bertz CT molecular complexity index is 842. The van der Waals surface area contributed by atoms with Crippen molar-refractivity contribution in [3.8, 4) is 0 Å². The van der Waals surface area contributed by atoms with E-state index < -0.39 is 0 Å². The monoisotopic (exact) mass is 887 g/mol. The van der Waals surface area contributed by atoms with Crippen LogP contribution in [0.1, 0.15) is 342 Å². The summed E-state index contributed by atoms with van der Waals surface area (Å²) in [5.41, 5.74) is 0. The first-order valence-corrected chi connectivity index (χ1v) is 29.9. The fourth-order valence-corrected chi connectivity index (χ4v) is 10.3. The van der Waals surface area contributed by atoms with Crippen LogP contribution in [0.4, 0.5) is 0 Å². The van der Waals surface area contributed by atoms with Gasteiger partial charge in [0, 0.05) is 13.0 Å². The highest BCUT2D eigenvalue weighted by atomic mass is 16.1. The van der Waals surface area contributed by atoms with Crippen molar-refractivity contribution in [3.05, 3.63) is 0 Å². The van der Waals surface area contributed by atoms with Gasteiger partial charge in [-0.2, -0.15) is 0 Å². The Balaban J connectivity index is 4.44. The van der Waals surface area contributed by atoms with Crippen LogP contribution in [-0.4, -0.2) is 38.0 Å². The average molecular weight is 888 g/mol. The lowest BCUT2D eigenvalue weighted by molar-refractivity contribution is -0.121. The first-order chi connectivity index (χ1) is 31.0. The summed E-state index contributed by atoms with van der Waals surface area (Å²) in [6.07, 6.45) is 71.1. The van der Waals surface area contributed by atoms with Gasteiger partial charge in [0.1, 0.15) is 0 Å². The molecule has 0 aromatic heterocycles. The van der Waals surface area contributed by atoms with E-state index in [0.717, 1.165) is 37.8 Å². The fourth-order valence-electron chi connectivity index (χ4n) is 10.3. The van der Waals surface area contributed by atoms with Gasteiger partial charge < -0.3 is 10.2 Å². The van der Waals surface area contributed by atoms with Crippen molar-refractivity contribution in [2.75, 3.05) is 27.2 Å². The number of nitrogens with zero attached hydrogens (tertiary/aromatic N) is 1. The maximum absolute atomic E-state index is 12.2. The number of amides is 1. The second-order valence-corrected chi connectivity index (χ2v) is 21.5. The third-order valence-electron chi connectivity index (χ3n) is 14.7. The molecule has 0 aromatic carbocycles. The molecule has 0 fully saturated rings. The van der Waals surface area contributed by atoms with Crippen LogP contribution in [0.2, 0.25) is 0 Å². The Morgan fingerprint density at radius 3 is 0.778 bits per heavy atom. The van der Waals surface area contributed by atoms with Crippen molar-refractivity contribution in [2.24, 2.45) is 11.8 Å². The summed E-state index contributed by atoms with van der Waals surface area (Å²) in [5, 5.41) is 3.18. The van der Waals surface area contributed by atoms with Crippen molar-refractivity contribution in [2.45, 2.75) is 342 Å². The number of nitrogens with one attached hydrogen (secondary N) is 1. The van der Waals surface area contributed by atoms with Crippen molar-refractivity contribution < 1.29 is 4.79 Å². The topological polar surface area (TPSA) is 32.3 Å². The molecule has 0 aliphatic carbocycles. The van der Waals surface area contributed by atoms with Crippen LogP contribution < -0.4 is 5.32 Å². The van der Waals surface area contributed by atoms with Gasteiger partial charge in [-0.05, 0) is 45.3 Å². The molecule has 3 nitrogen and oxygen atoms in total. The van der Waals surface area contributed by atoms with Gasteiger partial charge in [0.2, 0.25) is 5.91 Å². The van der Waals surface area contributed by atoms with Gasteiger partial charge in [0.05, 0.1) is 0 Å². The molecule has 0 aliphatic heterocycles. The molecule has 378 valence electrons. The molecule has 0 spiro atoms. The van der Waals surface area contributed by atoms with E-state index in [1.165, 1.54) is 302 Å². The zero-order valence-electron chi connectivity index (χ0n) is 44.8. The number of carbonyl (C=O) groups excluding carboxylic acids is 1. The van der Waals surface area contributed by atoms with Crippen LogP contribution in [0.25, 0.3) is 0 Å². The van der Waals surface area contributed by atoms with Gasteiger partial charge in [-0.3, -0.25) is 4.79 Å². The van der Waals surface area contributed by atoms with Crippen molar-refractivity contribution in [1.29, 1.82) is 0 Å².